The van der Waals surface area contributed by atoms with Gasteiger partial charge in [-0.3, -0.25) is 9.59 Å². The van der Waals surface area contributed by atoms with E-state index < -0.39 is 11.7 Å². The monoisotopic (exact) mass is 436 g/mol. The number of halogens is 1. The van der Waals surface area contributed by atoms with E-state index in [9.17, 15) is 14.0 Å². The summed E-state index contributed by atoms with van der Waals surface area (Å²) in [6.45, 7) is 0.395. The first-order valence-electron chi connectivity index (χ1n) is 10.1. The zero-order chi connectivity index (χ0) is 22.9. The number of ether oxygens (including phenoxy) is 2. The van der Waals surface area contributed by atoms with Crippen LogP contribution in [0.3, 0.4) is 0 Å². The fraction of sp³-hybridized carbons (Fsp3) is 0.200. The molecule has 0 fully saturated rings. The predicted octanol–water partition coefficient (Wildman–Crippen LogP) is 4.00. The second-order valence-corrected chi connectivity index (χ2v) is 7.06. The Hall–Kier alpha value is -3.87. The van der Waals surface area contributed by atoms with E-state index in [2.05, 4.69) is 10.6 Å². The quantitative estimate of drug-likeness (QED) is 0.532. The maximum Gasteiger partial charge on any atom is 0.253 e. The molecule has 6 nitrogen and oxygen atoms in total. The van der Waals surface area contributed by atoms with E-state index in [4.69, 9.17) is 9.47 Å². The first-order valence-corrected chi connectivity index (χ1v) is 10.1. The smallest absolute Gasteiger partial charge is 0.253 e. The number of benzene rings is 3. The van der Waals surface area contributed by atoms with Crippen LogP contribution in [0.15, 0.2) is 66.7 Å². The SMILES string of the molecule is COc1ccc(CCNC(=O)c2ccccc2NC(=O)Cc2ccccc2F)cc1OC. The first-order chi connectivity index (χ1) is 15.5. The maximum absolute atomic E-state index is 13.8. The molecule has 0 radical (unpaired) electrons. The molecule has 7 heteroatoms. The van der Waals surface area contributed by atoms with Gasteiger partial charge in [-0.1, -0.05) is 36.4 Å². The van der Waals surface area contributed by atoms with Gasteiger partial charge in [0, 0.05) is 6.54 Å². The molecule has 0 bridgehead atoms. The maximum atomic E-state index is 13.8. The van der Waals surface area contributed by atoms with Crippen LogP contribution in [0, 0.1) is 5.82 Å². The summed E-state index contributed by atoms with van der Waals surface area (Å²) in [5.41, 5.74) is 1.98. The van der Waals surface area contributed by atoms with Crippen molar-refractivity contribution in [2.45, 2.75) is 12.8 Å². The molecular weight excluding hydrogens is 411 g/mol. The van der Waals surface area contributed by atoms with Crippen LogP contribution in [0.1, 0.15) is 21.5 Å². The topological polar surface area (TPSA) is 76.7 Å². The molecule has 2 amide bonds. The molecule has 0 aromatic heterocycles. The fourth-order valence-corrected chi connectivity index (χ4v) is 3.25. The molecule has 0 spiro atoms. The third kappa shape index (κ3) is 5.85. The van der Waals surface area contributed by atoms with E-state index >= 15 is 0 Å². The number of carbonyl (C=O) groups excluding carboxylic acids is 2. The van der Waals surface area contributed by atoms with E-state index in [-0.39, 0.29) is 12.3 Å². The van der Waals surface area contributed by atoms with Crippen LogP contribution in [-0.4, -0.2) is 32.6 Å². The normalized spacial score (nSPS) is 10.3. The summed E-state index contributed by atoms with van der Waals surface area (Å²) in [6, 6.07) is 18.4. The van der Waals surface area contributed by atoms with Crippen LogP contribution in [0.2, 0.25) is 0 Å². The molecule has 2 N–H and O–H groups in total. The van der Waals surface area contributed by atoms with Gasteiger partial charge in [0.25, 0.3) is 5.91 Å². The number of anilines is 1. The zero-order valence-corrected chi connectivity index (χ0v) is 18.0. The Kier molecular flexibility index (Phi) is 7.80. The Balaban J connectivity index is 1.60. The van der Waals surface area contributed by atoms with E-state index in [1.165, 1.54) is 6.07 Å². The number of carbonyl (C=O) groups is 2. The van der Waals surface area contributed by atoms with Crippen molar-refractivity contribution < 1.29 is 23.5 Å². The largest absolute Gasteiger partial charge is 0.493 e. The van der Waals surface area contributed by atoms with Crippen molar-refractivity contribution in [1.29, 1.82) is 0 Å². The molecule has 0 aliphatic heterocycles. The summed E-state index contributed by atoms with van der Waals surface area (Å²) in [5, 5.41) is 5.57. The molecule has 3 aromatic rings. The molecule has 3 rings (SSSR count). The van der Waals surface area contributed by atoms with Crippen molar-refractivity contribution in [3.8, 4) is 11.5 Å². The lowest BCUT2D eigenvalue weighted by atomic mass is 10.1. The first kappa shape index (κ1) is 22.8. The van der Waals surface area contributed by atoms with E-state index in [0.717, 1.165) is 5.56 Å². The van der Waals surface area contributed by atoms with Crippen LogP contribution >= 0.6 is 0 Å². The van der Waals surface area contributed by atoms with Gasteiger partial charge in [0.1, 0.15) is 5.82 Å². The van der Waals surface area contributed by atoms with Gasteiger partial charge >= 0.3 is 0 Å². The summed E-state index contributed by atoms with van der Waals surface area (Å²) in [4.78, 5) is 25.1. The standard InChI is InChI=1S/C25H25FN2O4/c1-31-22-12-11-17(15-23(22)32-2)13-14-27-25(30)19-8-4-6-10-21(19)28-24(29)16-18-7-3-5-9-20(18)26/h3-12,15H,13-14,16H2,1-2H3,(H,27,30)(H,28,29). The molecule has 0 heterocycles. The second-order valence-electron chi connectivity index (χ2n) is 7.06. The summed E-state index contributed by atoms with van der Waals surface area (Å²) in [7, 11) is 3.14. The Morgan fingerprint density at radius 3 is 2.38 bits per heavy atom. The highest BCUT2D eigenvalue weighted by molar-refractivity contribution is 6.04. The average Bonchev–Trinajstić information content (AvgIpc) is 2.80. The van der Waals surface area contributed by atoms with Crippen molar-refractivity contribution in [1.82, 2.24) is 5.32 Å². The molecule has 166 valence electrons. The Morgan fingerprint density at radius 1 is 0.906 bits per heavy atom. The zero-order valence-electron chi connectivity index (χ0n) is 18.0. The Bertz CT molecular complexity index is 1100. The van der Waals surface area contributed by atoms with Crippen molar-refractivity contribution >= 4 is 17.5 Å². The van der Waals surface area contributed by atoms with Crippen LogP contribution in [-0.2, 0) is 17.6 Å². The van der Waals surface area contributed by atoms with Gasteiger partial charge in [0.2, 0.25) is 5.91 Å². The van der Waals surface area contributed by atoms with E-state index in [1.807, 2.05) is 18.2 Å². The number of para-hydroxylation sites is 1. The molecule has 0 unspecified atom stereocenters. The van der Waals surface area contributed by atoms with Gasteiger partial charge in [0.05, 0.1) is 31.9 Å². The average molecular weight is 436 g/mol. The Labute approximate surface area is 186 Å². The van der Waals surface area contributed by atoms with Gasteiger partial charge in [0.15, 0.2) is 11.5 Å². The lowest BCUT2D eigenvalue weighted by Crippen LogP contribution is -2.27. The minimum atomic E-state index is -0.441. The summed E-state index contributed by atoms with van der Waals surface area (Å²) < 4.78 is 24.3. The molecular formula is C25H25FN2O4. The summed E-state index contributed by atoms with van der Waals surface area (Å²) >= 11 is 0. The van der Waals surface area contributed by atoms with Gasteiger partial charge in [-0.15, -0.1) is 0 Å². The molecule has 0 saturated carbocycles. The van der Waals surface area contributed by atoms with Gasteiger partial charge in [-0.25, -0.2) is 4.39 Å². The number of hydrogen-bond donors (Lipinski definition) is 2. The van der Waals surface area contributed by atoms with Gasteiger partial charge in [-0.2, -0.15) is 0 Å². The van der Waals surface area contributed by atoms with Crippen molar-refractivity contribution in [2.24, 2.45) is 0 Å². The highest BCUT2D eigenvalue weighted by Gasteiger charge is 2.14. The third-order valence-electron chi connectivity index (χ3n) is 4.90. The van der Waals surface area contributed by atoms with Crippen LogP contribution in [0.4, 0.5) is 10.1 Å². The molecule has 0 aliphatic carbocycles. The van der Waals surface area contributed by atoms with E-state index in [0.29, 0.717) is 41.3 Å². The summed E-state index contributed by atoms with van der Waals surface area (Å²) in [6.07, 6.45) is 0.468. The van der Waals surface area contributed by atoms with Crippen LogP contribution in [0.25, 0.3) is 0 Å². The van der Waals surface area contributed by atoms with E-state index in [1.54, 1.807) is 56.7 Å². The highest BCUT2D eigenvalue weighted by Crippen LogP contribution is 2.27. The number of hydrogen-bond acceptors (Lipinski definition) is 4. The minimum absolute atomic E-state index is 0.123. The minimum Gasteiger partial charge on any atom is -0.493 e. The molecule has 3 aromatic carbocycles. The van der Waals surface area contributed by atoms with Crippen molar-refractivity contribution in [2.75, 3.05) is 26.1 Å². The molecule has 0 aliphatic rings. The third-order valence-corrected chi connectivity index (χ3v) is 4.90. The van der Waals surface area contributed by atoms with Crippen LogP contribution < -0.4 is 20.1 Å². The summed E-state index contributed by atoms with van der Waals surface area (Å²) in [5.74, 6) is 0.108. The number of nitrogens with one attached hydrogen (secondary N) is 2. The number of rotatable bonds is 9. The lowest BCUT2D eigenvalue weighted by molar-refractivity contribution is -0.115. The molecule has 0 atom stereocenters. The second kappa shape index (κ2) is 10.9. The van der Waals surface area contributed by atoms with Crippen molar-refractivity contribution in [3.63, 3.8) is 0 Å². The van der Waals surface area contributed by atoms with Crippen LogP contribution in [0.5, 0.6) is 11.5 Å². The Morgan fingerprint density at radius 2 is 1.62 bits per heavy atom. The number of amides is 2. The molecule has 32 heavy (non-hydrogen) atoms. The fourth-order valence-electron chi connectivity index (χ4n) is 3.25. The lowest BCUT2D eigenvalue weighted by Gasteiger charge is -2.12. The van der Waals surface area contributed by atoms with Gasteiger partial charge < -0.3 is 20.1 Å². The van der Waals surface area contributed by atoms with Gasteiger partial charge in [-0.05, 0) is 47.9 Å². The van der Waals surface area contributed by atoms with Crippen molar-refractivity contribution in [3.05, 3.63) is 89.2 Å². The molecule has 0 saturated heterocycles. The highest BCUT2D eigenvalue weighted by atomic mass is 19.1. The predicted molar refractivity (Wildman–Crippen MR) is 121 cm³/mol. The number of methoxy groups -OCH3 is 2.